The largest absolute Gasteiger partial charge is 0.395 e. The van der Waals surface area contributed by atoms with Gasteiger partial charge in [0, 0.05) is 16.2 Å². The number of carbonyl (C=O) groups excluding carboxylic acids is 1. The minimum absolute atomic E-state index is 0.0208. The number of hydrogen-bond acceptors (Lipinski definition) is 4. The highest BCUT2D eigenvalue weighted by Gasteiger charge is 2.21. The molecule has 0 aliphatic rings. The van der Waals surface area contributed by atoms with E-state index in [4.69, 9.17) is 5.11 Å². The second kappa shape index (κ2) is 7.03. The Kier molecular flexibility index (Phi) is 6.02. The van der Waals surface area contributed by atoms with Gasteiger partial charge in [0.05, 0.1) is 12.5 Å². The van der Waals surface area contributed by atoms with Crippen LogP contribution in [0.3, 0.4) is 0 Å². The Bertz CT molecular complexity index is 336. The lowest BCUT2D eigenvalue weighted by Crippen LogP contribution is -2.42. The van der Waals surface area contributed by atoms with Crippen LogP contribution in [-0.2, 0) is 4.79 Å². The van der Waals surface area contributed by atoms with Crippen molar-refractivity contribution >= 4 is 29.0 Å². The third-order valence-electron chi connectivity index (χ3n) is 2.77. The standard InChI is InChI=1S/C12H19NO2S2/c1-8(10-5-4-6-17-10)12(15)13-9(2)11(7-14)16-3/h4-6,8-9,11,14H,7H2,1-3H3,(H,13,15). The first-order chi connectivity index (χ1) is 8.10. The van der Waals surface area contributed by atoms with Gasteiger partial charge >= 0.3 is 0 Å². The van der Waals surface area contributed by atoms with E-state index in [-0.39, 0.29) is 29.7 Å². The lowest BCUT2D eigenvalue weighted by molar-refractivity contribution is -0.122. The van der Waals surface area contributed by atoms with E-state index < -0.39 is 0 Å². The van der Waals surface area contributed by atoms with Crippen molar-refractivity contribution in [2.45, 2.75) is 31.1 Å². The molecule has 0 saturated carbocycles. The van der Waals surface area contributed by atoms with Crippen LogP contribution in [0.2, 0.25) is 0 Å². The van der Waals surface area contributed by atoms with Gasteiger partial charge in [0.15, 0.2) is 0 Å². The predicted octanol–water partition coefficient (Wildman–Crippen LogP) is 2.08. The van der Waals surface area contributed by atoms with Crippen molar-refractivity contribution in [2.24, 2.45) is 0 Å². The molecule has 0 spiro atoms. The van der Waals surface area contributed by atoms with Gasteiger partial charge < -0.3 is 10.4 Å². The fourth-order valence-corrected chi connectivity index (χ4v) is 2.95. The SMILES string of the molecule is CSC(CO)C(C)NC(=O)C(C)c1cccs1. The van der Waals surface area contributed by atoms with Crippen LogP contribution in [0, 0.1) is 0 Å². The highest BCUT2D eigenvalue weighted by Crippen LogP contribution is 2.21. The molecule has 3 atom stereocenters. The Morgan fingerprint density at radius 2 is 2.29 bits per heavy atom. The van der Waals surface area contributed by atoms with Crippen LogP contribution in [-0.4, -0.2) is 35.2 Å². The third kappa shape index (κ3) is 4.01. The molecule has 1 aromatic heterocycles. The van der Waals surface area contributed by atoms with E-state index >= 15 is 0 Å². The summed E-state index contributed by atoms with van der Waals surface area (Å²) in [5.74, 6) is -0.105. The Hall–Kier alpha value is -0.520. The van der Waals surface area contributed by atoms with Gasteiger partial charge in [-0.25, -0.2) is 0 Å². The number of hydrogen-bond donors (Lipinski definition) is 2. The molecule has 1 aromatic rings. The first-order valence-electron chi connectivity index (χ1n) is 5.57. The molecular formula is C12H19NO2S2. The van der Waals surface area contributed by atoms with Crippen LogP contribution in [0.4, 0.5) is 0 Å². The van der Waals surface area contributed by atoms with Crippen LogP contribution in [0.25, 0.3) is 0 Å². The number of carbonyl (C=O) groups is 1. The van der Waals surface area contributed by atoms with Crippen LogP contribution in [0.1, 0.15) is 24.6 Å². The zero-order valence-electron chi connectivity index (χ0n) is 10.3. The van der Waals surface area contributed by atoms with Crippen molar-refractivity contribution in [1.82, 2.24) is 5.32 Å². The maximum absolute atomic E-state index is 12.0. The molecule has 0 aromatic carbocycles. The van der Waals surface area contributed by atoms with Gasteiger partial charge in [-0.15, -0.1) is 11.3 Å². The van der Waals surface area contributed by atoms with E-state index in [1.807, 2.05) is 37.6 Å². The van der Waals surface area contributed by atoms with Gasteiger partial charge in [0.25, 0.3) is 0 Å². The fourth-order valence-electron chi connectivity index (χ4n) is 1.55. The van der Waals surface area contributed by atoms with Crippen LogP contribution in [0.15, 0.2) is 17.5 Å². The minimum atomic E-state index is -0.126. The maximum Gasteiger partial charge on any atom is 0.228 e. The molecule has 1 heterocycles. The molecule has 0 aliphatic heterocycles. The van der Waals surface area contributed by atoms with Crippen molar-refractivity contribution in [1.29, 1.82) is 0 Å². The highest BCUT2D eigenvalue weighted by molar-refractivity contribution is 7.99. The summed E-state index contributed by atoms with van der Waals surface area (Å²) in [5, 5.41) is 14.1. The smallest absolute Gasteiger partial charge is 0.228 e. The fraction of sp³-hybridized carbons (Fsp3) is 0.583. The number of thiophene rings is 1. The van der Waals surface area contributed by atoms with Gasteiger partial charge in [0.2, 0.25) is 5.91 Å². The molecule has 2 N–H and O–H groups in total. The number of aliphatic hydroxyl groups excluding tert-OH is 1. The van der Waals surface area contributed by atoms with E-state index in [2.05, 4.69) is 5.32 Å². The molecule has 5 heteroatoms. The average molecular weight is 273 g/mol. The van der Waals surface area contributed by atoms with Gasteiger partial charge in [0.1, 0.15) is 0 Å². The molecule has 0 bridgehead atoms. The number of thioether (sulfide) groups is 1. The lowest BCUT2D eigenvalue weighted by atomic mass is 10.1. The quantitative estimate of drug-likeness (QED) is 0.834. The van der Waals surface area contributed by atoms with E-state index in [9.17, 15) is 4.79 Å². The Morgan fingerprint density at radius 1 is 1.59 bits per heavy atom. The lowest BCUT2D eigenvalue weighted by Gasteiger charge is -2.22. The van der Waals surface area contributed by atoms with Crippen molar-refractivity contribution in [3.05, 3.63) is 22.4 Å². The van der Waals surface area contributed by atoms with Crippen molar-refractivity contribution < 1.29 is 9.90 Å². The van der Waals surface area contributed by atoms with Gasteiger partial charge in [-0.05, 0) is 31.5 Å². The molecule has 1 amide bonds. The van der Waals surface area contributed by atoms with E-state index in [0.29, 0.717) is 0 Å². The normalized spacial score (nSPS) is 16.2. The molecule has 3 unspecified atom stereocenters. The molecule has 96 valence electrons. The zero-order chi connectivity index (χ0) is 12.8. The molecule has 0 fully saturated rings. The molecule has 17 heavy (non-hydrogen) atoms. The van der Waals surface area contributed by atoms with Crippen LogP contribution >= 0.6 is 23.1 Å². The van der Waals surface area contributed by atoms with E-state index in [0.717, 1.165) is 4.88 Å². The molecule has 3 nitrogen and oxygen atoms in total. The van der Waals surface area contributed by atoms with Crippen molar-refractivity contribution in [2.75, 3.05) is 12.9 Å². The topological polar surface area (TPSA) is 49.3 Å². The zero-order valence-corrected chi connectivity index (χ0v) is 12.0. The molecule has 1 rings (SSSR count). The second-order valence-corrected chi connectivity index (χ2v) is 6.05. The van der Waals surface area contributed by atoms with E-state index in [1.54, 1.807) is 23.1 Å². The minimum Gasteiger partial charge on any atom is -0.395 e. The first kappa shape index (κ1) is 14.5. The summed E-state index contributed by atoms with van der Waals surface area (Å²) in [5.41, 5.74) is 0. The molecule has 0 saturated heterocycles. The summed E-state index contributed by atoms with van der Waals surface area (Å²) < 4.78 is 0. The number of nitrogens with one attached hydrogen (secondary N) is 1. The summed E-state index contributed by atoms with van der Waals surface area (Å²) in [4.78, 5) is 13.1. The van der Waals surface area contributed by atoms with Gasteiger partial charge in [-0.3, -0.25) is 4.79 Å². The summed E-state index contributed by atoms with van der Waals surface area (Å²) in [7, 11) is 0. The highest BCUT2D eigenvalue weighted by atomic mass is 32.2. The van der Waals surface area contributed by atoms with E-state index in [1.165, 1.54) is 0 Å². The molecule has 0 radical (unpaired) electrons. The third-order valence-corrected chi connectivity index (χ3v) is 4.99. The van der Waals surface area contributed by atoms with Gasteiger partial charge in [-0.2, -0.15) is 11.8 Å². The van der Waals surface area contributed by atoms with Gasteiger partial charge in [-0.1, -0.05) is 6.07 Å². The summed E-state index contributed by atoms with van der Waals surface area (Å²) in [6, 6.07) is 3.90. The Morgan fingerprint density at radius 3 is 2.76 bits per heavy atom. The average Bonchev–Trinajstić information content (AvgIpc) is 2.83. The second-order valence-electron chi connectivity index (χ2n) is 3.99. The first-order valence-corrected chi connectivity index (χ1v) is 7.74. The summed E-state index contributed by atoms with van der Waals surface area (Å²) in [6.45, 7) is 3.91. The maximum atomic E-state index is 12.0. The Labute approximate surface area is 111 Å². The van der Waals surface area contributed by atoms with Crippen molar-refractivity contribution in [3.8, 4) is 0 Å². The van der Waals surface area contributed by atoms with Crippen LogP contribution in [0.5, 0.6) is 0 Å². The summed E-state index contributed by atoms with van der Waals surface area (Å²) >= 11 is 3.16. The number of amides is 1. The van der Waals surface area contributed by atoms with Crippen molar-refractivity contribution in [3.63, 3.8) is 0 Å². The molecule has 0 aliphatic carbocycles. The monoisotopic (exact) mass is 273 g/mol. The number of aliphatic hydroxyl groups is 1. The summed E-state index contributed by atoms with van der Waals surface area (Å²) in [6.07, 6.45) is 1.94. The van der Waals surface area contributed by atoms with Crippen LogP contribution < -0.4 is 5.32 Å². The molecular weight excluding hydrogens is 254 g/mol. The predicted molar refractivity (Wildman–Crippen MR) is 74.7 cm³/mol. The number of rotatable bonds is 6. The Balaban J connectivity index is 2.54.